The van der Waals surface area contributed by atoms with E-state index in [4.69, 9.17) is 11.6 Å². The van der Waals surface area contributed by atoms with Gasteiger partial charge in [0.1, 0.15) is 0 Å². The van der Waals surface area contributed by atoms with E-state index in [2.05, 4.69) is 5.32 Å². The SMILES string of the molecule is Cc1ccc(NC(=O)[C@H]2CC(=O)N(c3ccc(Cl)cc3)C2)cc1C. The van der Waals surface area contributed by atoms with Gasteiger partial charge in [-0.15, -0.1) is 0 Å². The van der Waals surface area contributed by atoms with Crippen LogP contribution in [-0.2, 0) is 9.59 Å². The predicted molar refractivity (Wildman–Crippen MR) is 96.5 cm³/mol. The first-order valence-electron chi connectivity index (χ1n) is 7.88. The van der Waals surface area contributed by atoms with Crippen LogP contribution in [0, 0.1) is 19.8 Å². The topological polar surface area (TPSA) is 49.4 Å². The van der Waals surface area contributed by atoms with E-state index < -0.39 is 0 Å². The van der Waals surface area contributed by atoms with E-state index in [-0.39, 0.29) is 24.2 Å². The second-order valence-electron chi connectivity index (χ2n) is 6.17. The lowest BCUT2D eigenvalue weighted by atomic mass is 10.1. The van der Waals surface area contributed by atoms with Crippen molar-refractivity contribution < 1.29 is 9.59 Å². The molecule has 2 amide bonds. The van der Waals surface area contributed by atoms with Gasteiger partial charge in [0, 0.05) is 29.4 Å². The smallest absolute Gasteiger partial charge is 0.229 e. The standard InChI is InChI=1S/C19H19ClN2O2/c1-12-3-6-16(9-13(12)2)21-19(24)14-10-18(23)22(11-14)17-7-4-15(20)5-8-17/h3-9,14H,10-11H2,1-2H3,(H,21,24)/t14-/m0/s1. The zero-order valence-electron chi connectivity index (χ0n) is 13.7. The Hall–Kier alpha value is -2.33. The number of aryl methyl sites for hydroxylation is 2. The van der Waals surface area contributed by atoms with E-state index in [1.165, 1.54) is 5.56 Å². The number of nitrogens with one attached hydrogen (secondary N) is 1. The third-order valence-electron chi connectivity index (χ3n) is 4.41. The average molecular weight is 343 g/mol. The van der Waals surface area contributed by atoms with Crippen LogP contribution < -0.4 is 10.2 Å². The molecule has 0 unspecified atom stereocenters. The summed E-state index contributed by atoms with van der Waals surface area (Å²) in [5.41, 5.74) is 3.84. The summed E-state index contributed by atoms with van der Waals surface area (Å²) in [7, 11) is 0. The van der Waals surface area contributed by atoms with E-state index in [1.807, 2.05) is 32.0 Å². The zero-order valence-corrected chi connectivity index (χ0v) is 14.4. The van der Waals surface area contributed by atoms with Crippen LogP contribution in [0.25, 0.3) is 0 Å². The molecule has 0 saturated carbocycles. The molecule has 1 aliphatic rings. The van der Waals surface area contributed by atoms with Gasteiger partial charge in [0.15, 0.2) is 0 Å². The van der Waals surface area contributed by atoms with Crippen LogP contribution in [-0.4, -0.2) is 18.4 Å². The lowest BCUT2D eigenvalue weighted by Gasteiger charge is -2.17. The third kappa shape index (κ3) is 3.44. The third-order valence-corrected chi connectivity index (χ3v) is 4.66. The molecule has 1 aliphatic heterocycles. The highest BCUT2D eigenvalue weighted by atomic mass is 35.5. The maximum absolute atomic E-state index is 12.5. The van der Waals surface area contributed by atoms with Gasteiger partial charge in [-0.1, -0.05) is 17.7 Å². The summed E-state index contributed by atoms with van der Waals surface area (Å²) in [6, 6.07) is 12.9. The van der Waals surface area contributed by atoms with E-state index in [9.17, 15) is 9.59 Å². The molecule has 124 valence electrons. The predicted octanol–water partition coefficient (Wildman–Crippen LogP) is 3.95. The van der Waals surface area contributed by atoms with Gasteiger partial charge in [-0.2, -0.15) is 0 Å². The molecule has 0 radical (unpaired) electrons. The van der Waals surface area contributed by atoms with Gasteiger partial charge in [-0.05, 0) is 61.4 Å². The Morgan fingerprint density at radius 3 is 2.50 bits per heavy atom. The van der Waals surface area contributed by atoms with Crippen molar-refractivity contribution in [3.8, 4) is 0 Å². The number of anilines is 2. The normalized spacial score (nSPS) is 17.2. The number of carbonyl (C=O) groups is 2. The lowest BCUT2D eigenvalue weighted by Crippen LogP contribution is -2.28. The Labute approximate surface area is 146 Å². The first kappa shape index (κ1) is 16.5. The molecule has 1 fully saturated rings. The van der Waals surface area contributed by atoms with Gasteiger partial charge >= 0.3 is 0 Å². The Morgan fingerprint density at radius 1 is 1.12 bits per heavy atom. The van der Waals surface area contributed by atoms with Gasteiger partial charge in [0.05, 0.1) is 5.92 Å². The van der Waals surface area contributed by atoms with Crippen LogP contribution >= 0.6 is 11.6 Å². The molecule has 0 spiro atoms. The summed E-state index contributed by atoms with van der Waals surface area (Å²) < 4.78 is 0. The molecule has 2 aromatic rings. The molecule has 0 aromatic heterocycles. The highest BCUT2D eigenvalue weighted by Crippen LogP contribution is 2.27. The minimum Gasteiger partial charge on any atom is -0.326 e. The van der Waals surface area contributed by atoms with E-state index >= 15 is 0 Å². The number of amides is 2. The fraction of sp³-hybridized carbons (Fsp3) is 0.263. The summed E-state index contributed by atoms with van der Waals surface area (Å²) in [4.78, 5) is 26.4. The summed E-state index contributed by atoms with van der Waals surface area (Å²) in [5.74, 6) is -0.518. The number of carbonyl (C=O) groups excluding carboxylic acids is 2. The monoisotopic (exact) mass is 342 g/mol. The molecule has 24 heavy (non-hydrogen) atoms. The quantitative estimate of drug-likeness (QED) is 0.918. The van der Waals surface area contributed by atoms with Gasteiger partial charge in [0.25, 0.3) is 0 Å². The molecule has 1 heterocycles. The Kier molecular flexibility index (Phi) is 4.58. The molecule has 1 N–H and O–H groups in total. The van der Waals surface area contributed by atoms with Crippen molar-refractivity contribution in [2.24, 2.45) is 5.92 Å². The summed E-state index contributed by atoms with van der Waals surface area (Å²) in [5, 5.41) is 3.53. The molecule has 1 saturated heterocycles. The zero-order chi connectivity index (χ0) is 17.3. The first-order chi connectivity index (χ1) is 11.4. The number of hydrogen-bond acceptors (Lipinski definition) is 2. The molecule has 5 heteroatoms. The minimum absolute atomic E-state index is 0.0439. The summed E-state index contributed by atoms with van der Waals surface area (Å²) >= 11 is 5.88. The summed E-state index contributed by atoms with van der Waals surface area (Å²) in [6.07, 6.45) is 0.222. The number of hydrogen-bond donors (Lipinski definition) is 1. The average Bonchev–Trinajstić information content (AvgIpc) is 2.94. The first-order valence-corrected chi connectivity index (χ1v) is 8.26. The fourth-order valence-electron chi connectivity index (χ4n) is 2.82. The number of nitrogens with zero attached hydrogens (tertiary/aromatic N) is 1. The van der Waals surface area contributed by atoms with E-state index in [1.54, 1.807) is 29.2 Å². The maximum atomic E-state index is 12.5. The Balaban J connectivity index is 1.69. The van der Waals surface area contributed by atoms with Crippen molar-refractivity contribution in [2.75, 3.05) is 16.8 Å². The summed E-state index contributed by atoms with van der Waals surface area (Å²) in [6.45, 7) is 4.42. The molecule has 2 aromatic carbocycles. The molecular weight excluding hydrogens is 324 g/mol. The van der Waals surface area contributed by atoms with Gasteiger partial charge in [-0.3, -0.25) is 9.59 Å². The minimum atomic E-state index is -0.352. The van der Waals surface area contributed by atoms with Crippen LogP contribution in [0.4, 0.5) is 11.4 Å². The van der Waals surface area contributed by atoms with E-state index in [0.29, 0.717) is 11.6 Å². The van der Waals surface area contributed by atoms with Crippen LogP contribution in [0.15, 0.2) is 42.5 Å². The van der Waals surface area contributed by atoms with Crippen LogP contribution in [0.3, 0.4) is 0 Å². The Bertz CT molecular complexity index is 786. The second-order valence-corrected chi connectivity index (χ2v) is 6.61. The van der Waals surface area contributed by atoms with Crippen LogP contribution in [0.2, 0.25) is 5.02 Å². The number of rotatable bonds is 3. The Morgan fingerprint density at radius 2 is 1.83 bits per heavy atom. The molecule has 4 nitrogen and oxygen atoms in total. The lowest BCUT2D eigenvalue weighted by molar-refractivity contribution is -0.122. The van der Waals surface area contributed by atoms with Crippen molar-refractivity contribution in [1.82, 2.24) is 0 Å². The van der Waals surface area contributed by atoms with Crippen molar-refractivity contribution in [2.45, 2.75) is 20.3 Å². The van der Waals surface area contributed by atoms with Crippen LogP contribution in [0.1, 0.15) is 17.5 Å². The molecular formula is C19H19ClN2O2. The van der Waals surface area contributed by atoms with Crippen LogP contribution in [0.5, 0.6) is 0 Å². The van der Waals surface area contributed by atoms with Gasteiger partial charge in [-0.25, -0.2) is 0 Å². The molecule has 0 bridgehead atoms. The van der Waals surface area contributed by atoms with Gasteiger partial charge < -0.3 is 10.2 Å². The molecule has 3 rings (SSSR count). The number of halogens is 1. The second kappa shape index (κ2) is 6.65. The van der Waals surface area contributed by atoms with Crippen molar-refractivity contribution >= 4 is 34.8 Å². The fourth-order valence-corrected chi connectivity index (χ4v) is 2.94. The maximum Gasteiger partial charge on any atom is 0.229 e. The highest BCUT2D eigenvalue weighted by molar-refractivity contribution is 6.30. The van der Waals surface area contributed by atoms with Crippen molar-refractivity contribution in [1.29, 1.82) is 0 Å². The van der Waals surface area contributed by atoms with Gasteiger partial charge in [0.2, 0.25) is 11.8 Å². The molecule has 1 atom stereocenters. The molecule has 0 aliphatic carbocycles. The largest absolute Gasteiger partial charge is 0.326 e. The highest BCUT2D eigenvalue weighted by Gasteiger charge is 2.35. The van der Waals surface area contributed by atoms with Crippen molar-refractivity contribution in [3.05, 3.63) is 58.6 Å². The van der Waals surface area contributed by atoms with Crippen molar-refractivity contribution in [3.63, 3.8) is 0 Å². The number of benzene rings is 2. The van der Waals surface area contributed by atoms with E-state index in [0.717, 1.165) is 16.9 Å².